The number of rotatable bonds is 2. The average molecular weight is 207 g/mol. The highest BCUT2D eigenvalue weighted by Crippen LogP contribution is 2.10. The maximum absolute atomic E-state index is 12.0. The number of hydrogen-bond donors (Lipinski definition) is 0. The molecule has 16 heavy (non-hydrogen) atoms. The molecule has 0 radical (unpaired) electrons. The van der Waals surface area contributed by atoms with Crippen molar-refractivity contribution in [2.45, 2.75) is 0 Å². The Kier molecular flexibility index (Phi) is 2.79. The lowest BCUT2D eigenvalue weighted by Crippen LogP contribution is -2.00. The molecule has 2 nitrogen and oxygen atoms in total. The molecule has 0 spiro atoms. The monoisotopic (exact) mass is 207 g/mol. The van der Waals surface area contributed by atoms with Gasteiger partial charge in [0.15, 0.2) is 5.78 Å². The number of benzene rings is 2. The molecule has 0 heterocycles. The summed E-state index contributed by atoms with van der Waals surface area (Å²) in [5.41, 5.74) is 1.82. The van der Waals surface area contributed by atoms with Gasteiger partial charge in [0.1, 0.15) is 0 Å². The third-order valence-electron chi connectivity index (χ3n) is 2.31. The summed E-state index contributed by atoms with van der Waals surface area (Å²) < 4.78 is 0. The van der Waals surface area contributed by atoms with Crippen LogP contribution in [0, 0.1) is 11.3 Å². The van der Waals surface area contributed by atoms with E-state index in [4.69, 9.17) is 5.26 Å². The van der Waals surface area contributed by atoms with Gasteiger partial charge >= 0.3 is 0 Å². The van der Waals surface area contributed by atoms with Crippen molar-refractivity contribution in [1.82, 2.24) is 0 Å². The van der Waals surface area contributed by atoms with Gasteiger partial charge in [-0.2, -0.15) is 5.26 Å². The number of carbonyl (C=O) groups is 1. The molecule has 0 aliphatic heterocycles. The van der Waals surface area contributed by atoms with Crippen LogP contribution in [0.3, 0.4) is 0 Å². The normalized spacial score (nSPS) is 9.44. The summed E-state index contributed by atoms with van der Waals surface area (Å²) in [6.45, 7) is 0. The van der Waals surface area contributed by atoms with Gasteiger partial charge in [0.05, 0.1) is 11.6 Å². The zero-order valence-electron chi connectivity index (χ0n) is 8.55. The Hall–Kier alpha value is -2.40. The summed E-state index contributed by atoms with van der Waals surface area (Å²) in [6, 6.07) is 17.8. The SMILES string of the molecule is N#Cc1ccc(C(=O)c2ccccc2)cc1. The van der Waals surface area contributed by atoms with Crippen molar-refractivity contribution in [3.63, 3.8) is 0 Å². The molecule has 0 bridgehead atoms. The first-order chi connectivity index (χ1) is 7.81. The van der Waals surface area contributed by atoms with Crippen LogP contribution in [0.5, 0.6) is 0 Å². The molecule has 0 saturated carbocycles. The lowest BCUT2D eigenvalue weighted by molar-refractivity contribution is 0.103. The Bertz CT molecular complexity index is 535. The molecule has 0 aromatic heterocycles. The number of ketones is 1. The smallest absolute Gasteiger partial charge is 0.193 e. The number of carbonyl (C=O) groups excluding carboxylic acids is 1. The minimum Gasteiger partial charge on any atom is -0.289 e. The zero-order chi connectivity index (χ0) is 11.4. The molecule has 0 saturated heterocycles. The Morgan fingerprint density at radius 3 is 2.00 bits per heavy atom. The molecular formula is C14H9NO. The van der Waals surface area contributed by atoms with E-state index in [1.807, 2.05) is 24.3 Å². The van der Waals surface area contributed by atoms with Gasteiger partial charge in [0.25, 0.3) is 0 Å². The summed E-state index contributed by atoms with van der Waals surface area (Å²) in [7, 11) is 0. The lowest BCUT2D eigenvalue weighted by Gasteiger charge is -2.00. The van der Waals surface area contributed by atoms with E-state index >= 15 is 0 Å². The van der Waals surface area contributed by atoms with Crippen LogP contribution in [0.2, 0.25) is 0 Å². The second kappa shape index (κ2) is 4.41. The van der Waals surface area contributed by atoms with Crippen molar-refractivity contribution >= 4 is 5.78 Å². The summed E-state index contributed by atoms with van der Waals surface area (Å²) in [6.07, 6.45) is 0. The fraction of sp³-hybridized carbons (Fsp3) is 0. The molecule has 0 N–H and O–H groups in total. The second-order valence-corrected chi connectivity index (χ2v) is 3.38. The minimum absolute atomic E-state index is 0.0231. The van der Waals surface area contributed by atoms with E-state index in [0.717, 1.165) is 0 Å². The molecular weight excluding hydrogens is 198 g/mol. The topological polar surface area (TPSA) is 40.9 Å². The molecule has 2 rings (SSSR count). The molecule has 2 aromatic carbocycles. The molecule has 0 atom stereocenters. The van der Waals surface area contributed by atoms with E-state index in [9.17, 15) is 4.79 Å². The number of nitrogens with zero attached hydrogens (tertiary/aromatic N) is 1. The first kappa shape index (κ1) is 10.1. The quantitative estimate of drug-likeness (QED) is 0.710. The van der Waals surface area contributed by atoms with Gasteiger partial charge in [0, 0.05) is 11.1 Å². The third-order valence-corrected chi connectivity index (χ3v) is 2.31. The Labute approximate surface area is 93.8 Å². The molecule has 2 aromatic rings. The number of hydrogen-bond acceptors (Lipinski definition) is 2. The predicted octanol–water partition coefficient (Wildman–Crippen LogP) is 2.79. The Balaban J connectivity index is 2.32. The summed E-state index contributed by atoms with van der Waals surface area (Å²) in [4.78, 5) is 12.0. The standard InChI is InChI=1S/C14H9NO/c15-10-11-6-8-13(9-7-11)14(16)12-4-2-1-3-5-12/h1-9H. The maximum Gasteiger partial charge on any atom is 0.193 e. The van der Waals surface area contributed by atoms with Crippen molar-refractivity contribution < 1.29 is 4.79 Å². The second-order valence-electron chi connectivity index (χ2n) is 3.38. The fourth-order valence-electron chi connectivity index (χ4n) is 1.45. The van der Waals surface area contributed by atoms with Gasteiger partial charge < -0.3 is 0 Å². The van der Waals surface area contributed by atoms with E-state index in [1.165, 1.54) is 0 Å². The van der Waals surface area contributed by atoms with E-state index in [0.29, 0.717) is 16.7 Å². The van der Waals surface area contributed by atoms with Gasteiger partial charge in [-0.15, -0.1) is 0 Å². The number of nitriles is 1. The summed E-state index contributed by atoms with van der Waals surface area (Å²) >= 11 is 0. The lowest BCUT2D eigenvalue weighted by atomic mass is 10.0. The van der Waals surface area contributed by atoms with Crippen molar-refractivity contribution in [1.29, 1.82) is 5.26 Å². The highest BCUT2D eigenvalue weighted by Gasteiger charge is 2.07. The van der Waals surface area contributed by atoms with Crippen molar-refractivity contribution in [2.24, 2.45) is 0 Å². The predicted molar refractivity (Wildman–Crippen MR) is 61.0 cm³/mol. The highest BCUT2D eigenvalue weighted by atomic mass is 16.1. The van der Waals surface area contributed by atoms with Crippen LogP contribution in [-0.4, -0.2) is 5.78 Å². The molecule has 0 aliphatic rings. The fourth-order valence-corrected chi connectivity index (χ4v) is 1.45. The van der Waals surface area contributed by atoms with Gasteiger partial charge in [-0.05, 0) is 24.3 Å². The van der Waals surface area contributed by atoms with Crippen LogP contribution in [0.15, 0.2) is 54.6 Å². The largest absolute Gasteiger partial charge is 0.289 e. The van der Waals surface area contributed by atoms with Gasteiger partial charge in [-0.3, -0.25) is 4.79 Å². The zero-order valence-corrected chi connectivity index (χ0v) is 8.55. The van der Waals surface area contributed by atoms with E-state index in [2.05, 4.69) is 0 Å². The van der Waals surface area contributed by atoms with Crippen molar-refractivity contribution in [3.05, 3.63) is 71.3 Å². The summed E-state index contributed by atoms with van der Waals surface area (Å²) in [5, 5.41) is 8.65. The first-order valence-corrected chi connectivity index (χ1v) is 4.91. The minimum atomic E-state index is -0.0231. The van der Waals surface area contributed by atoms with Crippen LogP contribution >= 0.6 is 0 Å². The van der Waals surface area contributed by atoms with Crippen molar-refractivity contribution in [2.75, 3.05) is 0 Å². The molecule has 76 valence electrons. The molecule has 0 aliphatic carbocycles. The van der Waals surface area contributed by atoms with Crippen LogP contribution in [0.1, 0.15) is 21.5 Å². The van der Waals surface area contributed by atoms with E-state index in [1.54, 1.807) is 36.4 Å². The highest BCUT2D eigenvalue weighted by molar-refractivity contribution is 6.08. The molecule has 0 amide bonds. The summed E-state index contributed by atoms with van der Waals surface area (Å²) in [5.74, 6) is -0.0231. The van der Waals surface area contributed by atoms with Gasteiger partial charge in [0.2, 0.25) is 0 Å². The molecule has 2 heteroatoms. The third kappa shape index (κ3) is 1.99. The van der Waals surface area contributed by atoms with Crippen molar-refractivity contribution in [3.8, 4) is 6.07 Å². The maximum atomic E-state index is 12.0. The van der Waals surface area contributed by atoms with Crippen LogP contribution < -0.4 is 0 Å². The molecule has 0 fully saturated rings. The van der Waals surface area contributed by atoms with Gasteiger partial charge in [-0.1, -0.05) is 30.3 Å². The first-order valence-electron chi connectivity index (χ1n) is 4.91. The van der Waals surface area contributed by atoms with E-state index < -0.39 is 0 Å². The van der Waals surface area contributed by atoms with E-state index in [-0.39, 0.29) is 5.78 Å². The van der Waals surface area contributed by atoms with Crippen LogP contribution in [0.4, 0.5) is 0 Å². The van der Waals surface area contributed by atoms with Gasteiger partial charge in [-0.25, -0.2) is 0 Å². The molecule has 0 unspecified atom stereocenters. The average Bonchev–Trinajstić information content (AvgIpc) is 2.39. The Morgan fingerprint density at radius 1 is 0.875 bits per heavy atom. The Morgan fingerprint density at radius 2 is 1.44 bits per heavy atom. The van der Waals surface area contributed by atoms with Crippen LogP contribution in [0.25, 0.3) is 0 Å². The van der Waals surface area contributed by atoms with Crippen LogP contribution in [-0.2, 0) is 0 Å².